The minimum absolute atomic E-state index is 0.250. The van der Waals surface area contributed by atoms with Crippen LogP contribution in [0.2, 0.25) is 0 Å². The fourth-order valence-electron chi connectivity index (χ4n) is 10.5. The molecule has 0 aromatic heterocycles. The molecule has 87 heavy (non-hydrogen) atoms. The molecule has 14 heteroatoms. The Bertz CT molecular complexity index is 1920. The van der Waals surface area contributed by atoms with Crippen LogP contribution in [0, 0.1) is 0 Å². The molecule has 2 aliphatic rings. The summed E-state index contributed by atoms with van der Waals surface area (Å²) < 4.78 is 22.8. The number of unbranched alkanes of at least 4 members (excludes halogenated alkanes) is 23. The minimum Gasteiger partial charge on any atom is -0.394 e. The highest BCUT2D eigenvalue weighted by molar-refractivity contribution is 5.76. The number of aliphatic hydroxyl groups excluding tert-OH is 8. The third-order valence-corrected chi connectivity index (χ3v) is 15.9. The van der Waals surface area contributed by atoms with Gasteiger partial charge in [-0.1, -0.05) is 264 Å². The van der Waals surface area contributed by atoms with E-state index >= 15 is 0 Å². The van der Waals surface area contributed by atoms with Crippen molar-refractivity contribution in [1.82, 2.24) is 5.32 Å². The molecule has 12 unspecified atom stereocenters. The van der Waals surface area contributed by atoms with Crippen LogP contribution in [0.3, 0.4) is 0 Å². The summed E-state index contributed by atoms with van der Waals surface area (Å²) in [6.45, 7) is 2.68. The molecular formula is C73H123NO13. The first kappa shape index (κ1) is 79.5. The van der Waals surface area contributed by atoms with Gasteiger partial charge in [0.1, 0.15) is 48.8 Å². The Hall–Kier alpha value is -3.61. The standard InChI is InChI=1S/C73H123NO13/c1-3-5-7-9-11-13-15-17-19-21-22-23-24-25-26-27-28-29-30-31-32-33-34-35-36-37-38-39-40-41-43-45-47-49-51-53-55-57-65(78)74-61(62(77)56-54-52-50-48-46-44-42-20-18-16-14-12-10-8-6-4-2)60-84-72-70(83)68(81)71(64(59-76)86-72)87-73-69(82)67(80)66(79)63(58-75)85-73/h5,7,11,13,17,19,22-23,25-26,28-29,31-32,34-35,37-38,54,56,61-64,66-73,75-77,79-83H,3-4,6,8-10,12,14-16,18,20-21,24,27,30,33,36,39-53,55,57-60H2,1-2H3,(H,74,78)/b7-5-,13-11-,19-17-,23-22-,26-25-,29-28-,32-31-,35-34-,38-37-,56-54+. The smallest absolute Gasteiger partial charge is 0.220 e. The average Bonchev–Trinajstić information content (AvgIpc) is 2.36. The van der Waals surface area contributed by atoms with Gasteiger partial charge in [-0.2, -0.15) is 0 Å². The molecule has 0 spiro atoms. The largest absolute Gasteiger partial charge is 0.394 e. The summed E-state index contributed by atoms with van der Waals surface area (Å²) in [4.78, 5) is 13.3. The molecule has 0 aromatic carbocycles. The van der Waals surface area contributed by atoms with Crippen LogP contribution < -0.4 is 5.32 Å². The predicted molar refractivity (Wildman–Crippen MR) is 355 cm³/mol. The molecule has 2 rings (SSSR count). The Labute approximate surface area is 527 Å². The van der Waals surface area contributed by atoms with Gasteiger partial charge in [0.2, 0.25) is 5.91 Å². The van der Waals surface area contributed by atoms with E-state index in [0.717, 1.165) is 103 Å². The van der Waals surface area contributed by atoms with Crippen molar-refractivity contribution >= 4 is 5.91 Å². The topological polar surface area (TPSA) is 228 Å². The molecule has 0 bridgehead atoms. The number of rotatable bonds is 54. The van der Waals surface area contributed by atoms with Crippen molar-refractivity contribution in [3.63, 3.8) is 0 Å². The van der Waals surface area contributed by atoms with Crippen molar-refractivity contribution in [3.8, 4) is 0 Å². The van der Waals surface area contributed by atoms with E-state index in [1.165, 1.54) is 109 Å². The molecule has 498 valence electrons. The highest BCUT2D eigenvalue weighted by Gasteiger charge is 2.51. The highest BCUT2D eigenvalue weighted by Crippen LogP contribution is 2.30. The first-order valence-corrected chi connectivity index (χ1v) is 34.3. The average molecular weight is 1220 g/mol. The molecule has 0 saturated carbocycles. The fraction of sp³-hybridized carbons (Fsp3) is 0.712. The second-order valence-corrected chi connectivity index (χ2v) is 23.6. The summed E-state index contributed by atoms with van der Waals surface area (Å²) in [6.07, 6.45) is 65.3. The van der Waals surface area contributed by atoms with Crippen molar-refractivity contribution in [3.05, 3.63) is 122 Å². The normalized spacial score (nSPS) is 24.1. The Morgan fingerprint density at radius 3 is 1.22 bits per heavy atom. The number of nitrogens with one attached hydrogen (secondary N) is 1. The Kier molecular flexibility index (Phi) is 51.5. The lowest BCUT2D eigenvalue weighted by Gasteiger charge is -2.46. The van der Waals surface area contributed by atoms with Gasteiger partial charge in [0.25, 0.3) is 0 Å². The van der Waals surface area contributed by atoms with Gasteiger partial charge < -0.3 is 65.1 Å². The van der Waals surface area contributed by atoms with E-state index in [1.807, 2.05) is 6.08 Å². The Morgan fingerprint density at radius 1 is 0.425 bits per heavy atom. The predicted octanol–water partition coefficient (Wildman–Crippen LogP) is 13.7. The molecule has 12 atom stereocenters. The molecule has 0 aromatic rings. The fourth-order valence-corrected chi connectivity index (χ4v) is 10.5. The third-order valence-electron chi connectivity index (χ3n) is 15.9. The van der Waals surface area contributed by atoms with E-state index in [2.05, 4.69) is 129 Å². The molecule has 1 amide bonds. The monoisotopic (exact) mass is 1220 g/mol. The number of allylic oxidation sites excluding steroid dienone is 19. The van der Waals surface area contributed by atoms with Crippen LogP contribution >= 0.6 is 0 Å². The molecule has 2 fully saturated rings. The molecule has 0 radical (unpaired) electrons. The van der Waals surface area contributed by atoms with Gasteiger partial charge in [-0.15, -0.1) is 0 Å². The van der Waals surface area contributed by atoms with Gasteiger partial charge in [-0.05, 0) is 89.9 Å². The summed E-state index contributed by atoms with van der Waals surface area (Å²) in [7, 11) is 0. The van der Waals surface area contributed by atoms with Crippen LogP contribution in [-0.2, 0) is 23.7 Å². The summed E-state index contributed by atoms with van der Waals surface area (Å²) in [5, 5.41) is 87.3. The second kappa shape index (κ2) is 56.4. The van der Waals surface area contributed by atoms with Gasteiger partial charge >= 0.3 is 0 Å². The van der Waals surface area contributed by atoms with E-state index in [9.17, 15) is 45.6 Å². The molecule has 0 aliphatic carbocycles. The van der Waals surface area contributed by atoms with Crippen LogP contribution in [0.4, 0.5) is 0 Å². The van der Waals surface area contributed by atoms with E-state index in [4.69, 9.17) is 18.9 Å². The Morgan fingerprint density at radius 2 is 0.793 bits per heavy atom. The van der Waals surface area contributed by atoms with Crippen molar-refractivity contribution in [1.29, 1.82) is 0 Å². The maximum atomic E-state index is 13.3. The minimum atomic E-state index is -1.79. The number of hydrogen-bond acceptors (Lipinski definition) is 13. The lowest BCUT2D eigenvalue weighted by atomic mass is 9.97. The molecular weight excluding hydrogens is 1100 g/mol. The van der Waals surface area contributed by atoms with Gasteiger partial charge in [-0.25, -0.2) is 0 Å². The molecule has 2 saturated heterocycles. The van der Waals surface area contributed by atoms with E-state index < -0.39 is 86.8 Å². The van der Waals surface area contributed by atoms with Gasteiger partial charge in [0.15, 0.2) is 12.6 Å². The number of carbonyl (C=O) groups is 1. The van der Waals surface area contributed by atoms with Crippen molar-refractivity contribution < 1.29 is 64.6 Å². The SMILES string of the molecule is CC/C=C\C/C=C\C/C=C\C/C=C\C/C=C\C/C=C\C/C=C\C/C=C\C/C=C\CCCCCCCCCCCC(=O)NC(COC1OC(CO)C(OC2OC(CO)C(O)C(O)C2O)C(O)C1O)C(O)/C=C/CCCCCCCCCCCCCCCC. The van der Waals surface area contributed by atoms with Crippen LogP contribution in [0.15, 0.2) is 122 Å². The lowest BCUT2D eigenvalue weighted by Crippen LogP contribution is -2.65. The number of carbonyl (C=O) groups excluding carboxylic acids is 1. The quantitative estimate of drug-likeness (QED) is 0.0204. The van der Waals surface area contributed by atoms with Crippen LogP contribution in [0.1, 0.15) is 239 Å². The zero-order chi connectivity index (χ0) is 63.1. The zero-order valence-corrected chi connectivity index (χ0v) is 54.0. The number of aliphatic hydroxyl groups is 8. The Balaban J connectivity index is 1.65. The molecule has 2 aliphatic heterocycles. The molecule has 14 nitrogen and oxygen atoms in total. The molecule has 2 heterocycles. The van der Waals surface area contributed by atoms with E-state index in [1.54, 1.807) is 6.08 Å². The van der Waals surface area contributed by atoms with E-state index in [0.29, 0.717) is 6.42 Å². The third kappa shape index (κ3) is 40.7. The highest BCUT2D eigenvalue weighted by atomic mass is 16.7. The maximum absolute atomic E-state index is 13.3. The number of amides is 1. The van der Waals surface area contributed by atoms with Crippen LogP contribution in [0.25, 0.3) is 0 Å². The summed E-state index contributed by atoms with van der Waals surface area (Å²) >= 11 is 0. The van der Waals surface area contributed by atoms with Gasteiger partial charge in [0.05, 0.1) is 32.0 Å². The van der Waals surface area contributed by atoms with Gasteiger partial charge in [0, 0.05) is 6.42 Å². The lowest BCUT2D eigenvalue weighted by molar-refractivity contribution is -0.359. The second-order valence-electron chi connectivity index (χ2n) is 23.6. The van der Waals surface area contributed by atoms with Gasteiger partial charge in [-0.3, -0.25) is 4.79 Å². The summed E-state index contributed by atoms with van der Waals surface area (Å²) in [5.41, 5.74) is 0. The maximum Gasteiger partial charge on any atom is 0.220 e. The van der Waals surface area contributed by atoms with Crippen molar-refractivity contribution in [2.75, 3.05) is 19.8 Å². The number of hydrogen-bond donors (Lipinski definition) is 9. The molecule has 9 N–H and O–H groups in total. The van der Waals surface area contributed by atoms with Crippen LogP contribution in [-0.4, -0.2) is 140 Å². The zero-order valence-electron chi connectivity index (χ0n) is 54.0. The van der Waals surface area contributed by atoms with Crippen molar-refractivity contribution in [2.24, 2.45) is 0 Å². The summed E-state index contributed by atoms with van der Waals surface area (Å²) in [5.74, 6) is -0.250. The summed E-state index contributed by atoms with van der Waals surface area (Å²) in [6, 6.07) is -0.926. The van der Waals surface area contributed by atoms with Crippen molar-refractivity contribution in [2.45, 2.75) is 312 Å². The first-order valence-electron chi connectivity index (χ1n) is 34.3. The number of ether oxygens (including phenoxy) is 4. The first-order chi connectivity index (χ1) is 42.6. The van der Waals surface area contributed by atoms with E-state index in [-0.39, 0.29) is 18.9 Å². The van der Waals surface area contributed by atoms with Crippen LogP contribution in [0.5, 0.6) is 0 Å².